The van der Waals surface area contributed by atoms with E-state index >= 15 is 0 Å². The number of nitrogens with zero attached hydrogens (tertiary/aromatic N) is 1. The summed E-state index contributed by atoms with van der Waals surface area (Å²) in [6.45, 7) is 5.95. The van der Waals surface area contributed by atoms with E-state index in [2.05, 4.69) is 22.1 Å². The minimum absolute atomic E-state index is 0.0325. The highest BCUT2D eigenvalue weighted by molar-refractivity contribution is 5.92. The minimum Gasteiger partial charge on any atom is -0.396 e. The zero-order valence-corrected chi connectivity index (χ0v) is 12.2. The van der Waals surface area contributed by atoms with Crippen LogP contribution in [-0.4, -0.2) is 53.7 Å². The Balaban J connectivity index is 1.67. The van der Waals surface area contributed by atoms with E-state index in [4.69, 9.17) is 5.11 Å². The number of hydrogen-bond donors (Lipinski definition) is 3. The molecule has 3 N–H and O–H groups in total. The van der Waals surface area contributed by atoms with Crippen LogP contribution in [0.2, 0.25) is 0 Å². The monoisotopic (exact) mass is 279 g/mol. The molecule has 20 heavy (non-hydrogen) atoms. The van der Waals surface area contributed by atoms with Crippen molar-refractivity contribution in [3.8, 4) is 0 Å². The van der Waals surface area contributed by atoms with E-state index in [0.717, 1.165) is 44.6 Å². The standard InChI is InChI=1S/C15H25N3O2/c1-2-13-3-4-14(17-13)15(20)16-7-10-18-8-5-12(11-19)6-9-18/h3-4,12,17,19H,2,5-11H2,1H3,(H,16,20). The lowest BCUT2D eigenvalue weighted by molar-refractivity contribution is 0.0934. The van der Waals surface area contributed by atoms with E-state index in [1.54, 1.807) is 0 Å². The van der Waals surface area contributed by atoms with Gasteiger partial charge in [0.1, 0.15) is 5.69 Å². The van der Waals surface area contributed by atoms with E-state index in [1.807, 2.05) is 12.1 Å². The molecule has 0 saturated carbocycles. The highest BCUT2D eigenvalue weighted by Gasteiger charge is 2.18. The van der Waals surface area contributed by atoms with Gasteiger partial charge in [-0.1, -0.05) is 6.92 Å². The number of aromatic nitrogens is 1. The first-order valence-electron chi connectivity index (χ1n) is 7.52. The number of rotatable bonds is 6. The second-order valence-corrected chi connectivity index (χ2v) is 5.47. The van der Waals surface area contributed by atoms with Gasteiger partial charge in [0.25, 0.3) is 5.91 Å². The third-order valence-electron chi connectivity index (χ3n) is 4.05. The van der Waals surface area contributed by atoms with Gasteiger partial charge in [0.05, 0.1) is 0 Å². The van der Waals surface area contributed by atoms with Crippen LogP contribution in [0.3, 0.4) is 0 Å². The molecule has 2 rings (SSSR count). The Hall–Kier alpha value is -1.33. The normalized spacial score (nSPS) is 17.3. The molecule has 0 aliphatic carbocycles. The molecule has 0 spiro atoms. The fourth-order valence-electron chi connectivity index (χ4n) is 2.59. The van der Waals surface area contributed by atoms with Crippen molar-refractivity contribution < 1.29 is 9.90 Å². The number of aliphatic hydroxyl groups is 1. The first kappa shape index (κ1) is 15.1. The predicted molar refractivity (Wildman–Crippen MR) is 78.8 cm³/mol. The average Bonchev–Trinajstić information content (AvgIpc) is 2.97. The molecule has 2 heterocycles. The Labute approximate surface area is 120 Å². The van der Waals surface area contributed by atoms with E-state index in [9.17, 15) is 4.79 Å². The number of nitrogens with one attached hydrogen (secondary N) is 2. The van der Waals surface area contributed by atoms with E-state index < -0.39 is 0 Å². The van der Waals surface area contributed by atoms with Gasteiger partial charge in [0.2, 0.25) is 0 Å². The minimum atomic E-state index is -0.0325. The van der Waals surface area contributed by atoms with Crippen LogP contribution < -0.4 is 5.32 Å². The van der Waals surface area contributed by atoms with Crippen LogP contribution >= 0.6 is 0 Å². The number of H-pyrrole nitrogens is 1. The van der Waals surface area contributed by atoms with Gasteiger partial charge in [0, 0.05) is 25.4 Å². The Morgan fingerprint density at radius 2 is 2.20 bits per heavy atom. The van der Waals surface area contributed by atoms with Gasteiger partial charge in [-0.15, -0.1) is 0 Å². The summed E-state index contributed by atoms with van der Waals surface area (Å²) in [7, 11) is 0. The number of aryl methyl sites for hydroxylation is 1. The molecule has 5 heteroatoms. The fourth-order valence-corrected chi connectivity index (χ4v) is 2.59. The zero-order chi connectivity index (χ0) is 14.4. The average molecular weight is 279 g/mol. The van der Waals surface area contributed by atoms with Crippen LogP contribution in [-0.2, 0) is 6.42 Å². The lowest BCUT2D eigenvalue weighted by Gasteiger charge is -2.30. The van der Waals surface area contributed by atoms with Gasteiger partial charge in [-0.05, 0) is 50.4 Å². The number of aliphatic hydroxyl groups excluding tert-OH is 1. The summed E-state index contributed by atoms with van der Waals surface area (Å²) in [5.41, 5.74) is 1.72. The summed E-state index contributed by atoms with van der Waals surface area (Å²) >= 11 is 0. The lowest BCUT2D eigenvalue weighted by Crippen LogP contribution is -2.40. The molecule has 0 aromatic carbocycles. The molecule has 1 saturated heterocycles. The summed E-state index contributed by atoms with van der Waals surface area (Å²) in [6, 6.07) is 3.79. The Bertz CT molecular complexity index is 423. The summed E-state index contributed by atoms with van der Waals surface area (Å²) in [5, 5.41) is 12.0. The summed E-state index contributed by atoms with van der Waals surface area (Å²) in [4.78, 5) is 17.4. The molecule has 1 aromatic rings. The van der Waals surface area contributed by atoms with Crippen molar-refractivity contribution in [1.82, 2.24) is 15.2 Å². The summed E-state index contributed by atoms with van der Waals surface area (Å²) in [6.07, 6.45) is 3.02. The van der Waals surface area contributed by atoms with Crippen LogP contribution in [0.25, 0.3) is 0 Å². The number of amides is 1. The van der Waals surface area contributed by atoms with Crippen LogP contribution in [0.15, 0.2) is 12.1 Å². The van der Waals surface area contributed by atoms with E-state index in [1.165, 1.54) is 0 Å². The lowest BCUT2D eigenvalue weighted by atomic mass is 9.98. The number of carbonyl (C=O) groups excluding carboxylic acids is 1. The predicted octanol–water partition coefficient (Wildman–Crippen LogP) is 1.01. The van der Waals surface area contributed by atoms with Gasteiger partial charge >= 0.3 is 0 Å². The SMILES string of the molecule is CCc1ccc(C(=O)NCCN2CCC(CO)CC2)[nH]1. The Kier molecular flexibility index (Phi) is 5.61. The van der Waals surface area contributed by atoms with E-state index in [-0.39, 0.29) is 5.91 Å². The second-order valence-electron chi connectivity index (χ2n) is 5.47. The largest absolute Gasteiger partial charge is 0.396 e. The van der Waals surface area contributed by atoms with Crippen molar-refractivity contribution in [2.45, 2.75) is 26.2 Å². The highest BCUT2D eigenvalue weighted by Crippen LogP contribution is 2.15. The molecule has 1 fully saturated rings. The Morgan fingerprint density at radius 1 is 1.45 bits per heavy atom. The fraction of sp³-hybridized carbons (Fsp3) is 0.667. The van der Waals surface area contributed by atoms with Crippen LogP contribution in [0.1, 0.15) is 35.9 Å². The van der Waals surface area contributed by atoms with Gasteiger partial charge in [-0.3, -0.25) is 4.79 Å². The first-order valence-corrected chi connectivity index (χ1v) is 7.52. The number of carbonyl (C=O) groups is 1. The highest BCUT2D eigenvalue weighted by atomic mass is 16.3. The molecule has 0 bridgehead atoms. The van der Waals surface area contributed by atoms with Crippen LogP contribution in [0, 0.1) is 5.92 Å². The molecule has 0 radical (unpaired) electrons. The van der Waals surface area contributed by atoms with Crippen LogP contribution in [0.4, 0.5) is 0 Å². The summed E-state index contributed by atoms with van der Waals surface area (Å²) < 4.78 is 0. The molecule has 5 nitrogen and oxygen atoms in total. The van der Waals surface area contributed by atoms with Gasteiger partial charge < -0.3 is 20.3 Å². The van der Waals surface area contributed by atoms with Crippen molar-refractivity contribution in [3.63, 3.8) is 0 Å². The molecule has 0 atom stereocenters. The molecule has 1 amide bonds. The third kappa shape index (κ3) is 4.08. The number of likely N-dealkylation sites (tertiary alicyclic amines) is 1. The maximum atomic E-state index is 11.9. The van der Waals surface area contributed by atoms with Crippen molar-refractivity contribution in [2.24, 2.45) is 5.92 Å². The number of hydrogen-bond acceptors (Lipinski definition) is 3. The summed E-state index contributed by atoms with van der Waals surface area (Å²) in [5.74, 6) is 0.433. The number of aromatic amines is 1. The molecule has 1 aliphatic heterocycles. The second kappa shape index (κ2) is 7.45. The van der Waals surface area contributed by atoms with Crippen molar-refractivity contribution >= 4 is 5.91 Å². The molecule has 112 valence electrons. The molecule has 1 aliphatic rings. The topological polar surface area (TPSA) is 68.4 Å². The van der Waals surface area contributed by atoms with Gasteiger partial charge in [-0.25, -0.2) is 0 Å². The van der Waals surface area contributed by atoms with Crippen molar-refractivity contribution in [2.75, 3.05) is 32.8 Å². The van der Waals surface area contributed by atoms with Crippen LogP contribution in [0.5, 0.6) is 0 Å². The van der Waals surface area contributed by atoms with Gasteiger partial charge in [-0.2, -0.15) is 0 Å². The smallest absolute Gasteiger partial charge is 0.267 e. The van der Waals surface area contributed by atoms with Crippen molar-refractivity contribution in [1.29, 1.82) is 0 Å². The van der Waals surface area contributed by atoms with Crippen molar-refractivity contribution in [3.05, 3.63) is 23.5 Å². The van der Waals surface area contributed by atoms with E-state index in [0.29, 0.717) is 24.8 Å². The zero-order valence-electron chi connectivity index (χ0n) is 12.2. The molecule has 0 unspecified atom stereocenters. The maximum absolute atomic E-state index is 11.9. The quantitative estimate of drug-likeness (QED) is 0.728. The molecular formula is C15H25N3O2. The maximum Gasteiger partial charge on any atom is 0.267 e. The first-order chi connectivity index (χ1) is 9.72. The number of piperidine rings is 1. The molecule has 1 aromatic heterocycles. The van der Waals surface area contributed by atoms with Gasteiger partial charge in [0.15, 0.2) is 0 Å². The Morgan fingerprint density at radius 3 is 2.80 bits per heavy atom. The third-order valence-corrected chi connectivity index (χ3v) is 4.05. The molecular weight excluding hydrogens is 254 g/mol.